The van der Waals surface area contributed by atoms with Crippen LogP contribution in [-0.4, -0.2) is 33.8 Å². The Morgan fingerprint density at radius 3 is 2.32 bits per heavy atom. The van der Waals surface area contributed by atoms with Gasteiger partial charge >= 0.3 is 0 Å². The topological polar surface area (TPSA) is 70.1 Å². The number of anilines is 2. The molecule has 118 valence electrons. The van der Waals surface area contributed by atoms with E-state index >= 15 is 0 Å². The lowest BCUT2D eigenvalue weighted by Gasteiger charge is -2.16. The van der Waals surface area contributed by atoms with Crippen molar-refractivity contribution >= 4 is 11.8 Å². The molecule has 2 saturated carbocycles. The molecule has 1 heterocycles. The van der Waals surface area contributed by atoms with Gasteiger partial charge in [0.05, 0.1) is 11.8 Å². The van der Waals surface area contributed by atoms with Gasteiger partial charge in [0.2, 0.25) is 5.95 Å². The molecule has 0 aromatic carbocycles. The van der Waals surface area contributed by atoms with Crippen LogP contribution in [0, 0.1) is 11.8 Å². The fourth-order valence-electron chi connectivity index (χ4n) is 3.30. The normalized spacial score (nSPS) is 19.0. The summed E-state index contributed by atoms with van der Waals surface area (Å²) < 4.78 is 0. The summed E-state index contributed by atoms with van der Waals surface area (Å²) in [5.74, 6) is 7.11. The van der Waals surface area contributed by atoms with Crippen LogP contribution in [0.5, 0.6) is 0 Å². The van der Waals surface area contributed by atoms with Gasteiger partial charge in [-0.05, 0) is 25.7 Å². The first-order chi connectivity index (χ1) is 10.8. The molecule has 2 aliphatic rings. The molecule has 2 aliphatic carbocycles. The van der Waals surface area contributed by atoms with Crippen molar-refractivity contribution in [2.24, 2.45) is 0 Å². The lowest BCUT2D eigenvalue weighted by atomic mass is 10.2. The highest BCUT2D eigenvalue weighted by atomic mass is 16.2. The minimum atomic E-state index is -0.148. The molecule has 0 aliphatic heterocycles. The van der Waals surface area contributed by atoms with Gasteiger partial charge < -0.3 is 15.7 Å². The van der Waals surface area contributed by atoms with Crippen molar-refractivity contribution in [1.82, 2.24) is 9.97 Å². The van der Waals surface area contributed by atoms with Crippen LogP contribution in [0.4, 0.5) is 11.8 Å². The van der Waals surface area contributed by atoms with Crippen molar-refractivity contribution in [3.8, 4) is 11.8 Å². The molecule has 3 N–H and O–H groups in total. The summed E-state index contributed by atoms with van der Waals surface area (Å²) in [6.45, 7) is -0.148. The van der Waals surface area contributed by atoms with Crippen LogP contribution in [0.15, 0.2) is 6.20 Å². The predicted octanol–water partition coefficient (Wildman–Crippen LogP) is 2.53. The highest BCUT2D eigenvalue weighted by Gasteiger charge is 2.19. The Balaban J connectivity index is 1.77. The quantitative estimate of drug-likeness (QED) is 0.745. The summed E-state index contributed by atoms with van der Waals surface area (Å²) in [6.07, 6.45) is 11.6. The highest BCUT2D eigenvalue weighted by molar-refractivity contribution is 5.56. The number of rotatable bonds is 4. The van der Waals surface area contributed by atoms with Gasteiger partial charge in [-0.2, -0.15) is 4.98 Å². The lowest BCUT2D eigenvalue weighted by molar-refractivity contribution is 0.350. The molecule has 1 aromatic heterocycles. The van der Waals surface area contributed by atoms with E-state index in [0.29, 0.717) is 18.0 Å². The molecule has 0 spiro atoms. The molecule has 0 unspecified atom stereocenters. The third-order valence-electron chi connectivity index (χ3n) is 4.48. The molecule has 5 heteroatoms. The summed E-state index contributed by atoms with van der Waals surface area (Å²) in [7, 11) is 0. The molecule has 0 saturated heterocycles. The van der Waals surface area contributed by atoms with E-state index in [1.165, 1.54) is 51.4 Å². The van der Waals surface area contributed by atoms with E-state index < -0.39 is 0 Å². The first kappa shape index (κ1) is 15.1. The number of hydrogen-bond donors (Lipinski definition) is 3. The van der Waals surface area contributed by atoms with Gasteiger partial charge in [-0.15, -0.1) is 0 Å². The van der Waals surface area contributed by atoms with E-state index in [4.69, 9.17) is 5.11 Å². The van der Waals surface area contributed by atoms with Gasteiger partial charge in [-0.1, -0.05) is 37.5 Å². The Labute approximate surface area is 131 Å². The zero-order valence-corrected chi connectivity index (χ0v) is 12.9. The molecule has 0 amide bonds. The molecule has 3 rings (SSSR count). The molecule has 5 nitrogen and oxygen atoms in total. The predicted molar refractivity (Wildman–Crippen MR) is 87.8 cm³/mol. The number of nitrogens with zero attached hydrogens (tertiary/aromatic N) is 2. The molecule has 0 bridgehead atoms. The van der Waals surface area contributed by atoms with Crippen LogP contribution < -0.4 is 10.6 Å². The first-order valence-electron chi connectivity index (χ1n) is 8.35. The number of aromatic nitrogens is 2. The molecule has 0 radical (unpaired) electrons. The number of nitrogens with one attached hydrogen (secondary N) is 2. The molecule has 22 heavy (non-hydrogen) atoms. The Bertz CT molecular complexity index is 552. The summed E-state index contributed by atoms with van der Waals surface area (Å²) in [4.78, 5) is 9.02. The molecular formula is C17H24N4O. The van der Waals surface area contributed by atoms with Crippen LogP contribution in [0.25, 0.3) is 0 Å². The molecule has 1 aromatic rings. The maximum absolute atomic E-state index is 8.90. The van der Waals surface area contributed by atoms with E-state index in [2.05, 4.69) is 32.4 Å². The minimum Gasteiger partial charge on any atom is -0.384 e. The minimum absolute atomic E-state index is 0.148. The SMILES string of the molecule is OCC#Cc1cnc(NC2CCCC2)nc1NC1CCCC1. The van der Waals surface area contributed by atoms with E-state index in [0.717, 1.165) is 11.4 Å². The van der Waals surface area contributed by atoms with E-state index in [1.54, 1.807) is 6.20 Å². The third kappa shape index (κ3) is 3.89. The zero-order chi connectivity index (χ0) is 15.2. The molecule has 0 atom stereocenters. The Morgan fingerprint density at radius 1 is 1.05 bits per heavy atom. The number of hydrogen-bond acceptors (Lipinski definition) is 5. The highest BCUT2D eigenvalue weighted by Crippen LogP contribution is 2.25. The smallest absolute Gasteiger partial charge is 0.224 e. The number of aliphatic hydroxyl groups is 1. The van der Waals surface area contributed by atoms with Gasteiger partial charge in [-0.25, -0.2) is 4.98 Å². The zero-order valence-electron chi connectivity index (χ0n) is 12.9. The van der Waals surface area contributed by atoms with Crippen molar-refractivity contribution in [1.29, 1.82) is 0 Å². The van der Waals surface area contributed by atoms with E-state index in [9.17, 15) is 0 Å². The third-order valence-corrected chi connectivity index (χ3v) is 4.48. The van der Waals surface area contributed by atoms with Gasteiger partial charge in [0.15, 0.2) is 0 Å². The first-order valence-corrected chi connectivity index (χ1v) is 8.35. The largest absolute Gasteiger partial charge is 0.384 e. The van der Waals surface area contributed by atoms with Crippen molar-refractivity contribution in [2.75, 3.05) is 17.2 Å². The average Bonchev–Trinajstić information content (AvgIpc) is 3.20. The van der Waals surface area contributed by atoms with Crippen molar-refractivity contribution in [3.63, 3.8) is 0 Å². The van der Waals surface area contributed by atoms with Crippen molar-refractivity contribution in [3.05, 3.63) is 11.8 Å². The van der Waals surface area contributed by atoms with Gasteiger partial charge in [-0.3, -0.25) is 0 Å². The summed E-state index contributed by atoms with van der Waals surface area (Å²) in [5, 5.41) is 15.8. The van der Waals surface area contributed by atoms with Gasteiger partial charge in [0.1, 0.15) is 12.4 Å². The Hall–Kier alpha value is -1.80. The standard InChI is InChI=1S/C17H24N4O/c22-11-5-6-13-12-18-17(20-15-9-3-4-10-15)21-16(13)19-14-7-1-2-8-14/h12,14-15,22H,1-4,7-11H2,(H2,18,19,20,21). The average molecular weight is 300 g/mol. The number of aliphatic hydroxyl groups excluding tert-OH is 1. The van der Waals surface area contributed by atoms with Crippen LogP contribution in [0.1, 0.15) is 56.9 Å². The maximum Gasteiger partial charge on any atom is 0.224 e. The Morgan fingerprint density at radius 2 is 1.68 bits per heavy atom. The maximum atomic E-state index is 8.90. The summed E-state index contributed by atoms with van der Waals surface area (Å²) in [5.41, 5.74) is 0.762. The summed E-state index contributed by atoms with van der Waals surface area (Å²) in [6, 6.07) is 0.970. The fraction of sp³-hybridized carbons (Fsp3) is 0.647. The van der Waals surface area contributed by atoms with E-state index in [1.807, 2.05) is 0 Å². The van der Waals surface area contributed by atoms with Crippen LogP contribution in [0.3, 0.4) is 0 Å². The van der Waals surface area contributed by atoms with Crippen LogP contribution >= 0.6 is 0 Å². The van der Waals surface area contributed by atoms with Crippen LogP contribution in [-0.2, 0) is 0 Å². The Kier molecular flexibility index (Phi) is 5.12. The lowest BCUT2D eigenvalue weighted by Crippen LogP contribution is -2.20. The second kappa shape index (κ2) is 7.46. The fourth-order valence-corrected chi connectivity index (χ4v) is 3.30. The van der Waals surface area contributed by atoms with Crippen molar-refractivity contribution in [2.45, 2.75) is 63.5 Å². The second-order valence-electron chi connectivity index (χ2n) is 6.17. The summed E-state index contributed by atoms with van der Waals surface area (Å²) >= 11 is 0. The van der Waals surface area contributed by atoms with Crippen molar-refractivity contribution < 1.29 is 5.11 Å². The van der Waals surface area contributed by atoms with Gasteiger partial charge in [0, 0.05) is 12.1 Å². The van der Waals surface area contributed by atoms with Gasteiger partial charge in [0.25, 0.3) is 0 Å². The molecular weight excluding hydrogens is 276 g/mol. The van der Waals surface area contributed by atoms with E-state index in [-0.39, 0.29) is 6.61 Å². The monoisotopic (exact) mass is 300 g/mol. The molecule has 2 fully saturated rings. The van der Waals surface area contributed by atoms with Crippen LogP contribution in [0.2, 0.25) is 0 Å². The second-order valence-corrected chi connectivity index (χ2v) is 6.17.